The van der Waals surface area contributed by atoms with E-state index in [-0.39, 0.29) is 23.1 Å². The van der Waals surface area contributed by atoms with E-state index in [1.54, 1.807) is 31.2 Å². The molecule has 11 heteroatoms. The van der Waals surface area contributed by atoms with Crippen molar-refractivity contribution in [2.75, 3.05) is 11.1 Å². The van der Waals surface area contributed by atoms with Crippen LogP contribution in [0.1, 0.15) is 46.4 Å². The maximum absolute atomic E-state index is 12.6. The molecule has 0 saturated heterocycles. The van der Waals surface area contributed by atoms with E-state index in [4.69, 9.17) is 16.7 Å². The van der Waals surface area contributed by atoms with Crippen LogP contribution in [0.5, 0.6) is 0 Å². The molecule has 0 aliphatic rings. The molecule has 2 aromatic carbocycles. The molecule has 1 heterocycles. The third-order valence-electron chi connectivity index (χ3n) is 4.66. The molecule has 0 bridgehead atoms. The van der Waals surface area contributed by atoms with Crippen molar-refractivity contribution in [3.8, 4) is 0 Å². The molecule has 2 amide bonds. The second kappa shape index (κ2) is 11.0. The summed E-state index contributed by atoms with van der Waals surface area (Å²) in [6.45, 7) is 4.27. The lowest BCUT2D eigenvalue weighted by atomic mass is 10.2. The summed E-state index contributed by atoms with van der Waals surface area (Å²) in [6, 6.07) is 12.2. The predicted molar refractivity (Wildman–Crippen MR) is 126 cm³/mol. The number of halogens is 1. The molecule has 3 N–H and O–H groups in total. The summed E-state index contributed by atoms with van der Waals surface area (Å²) in [5, 5.41) is 23.8. The molecule has 0 aliphatic heterocycles. The smallest absolute Gasteiger partial charge is 0.335 e. The molecule has 0 saturated carbocycles. The number of hydrogen-bond donors (Lipinski definition) is 3. The van der Waals surface area contributed by atoms with E-state index in [2.05, 4.69) is 20.8 Å². The molecule has 0 radical (unpaired) electrons. The number of carboxylic acids is 1. The summed E-state index contributed by atoms with van der Waals surface area (Å²) in [4.78, 5) is 35.8. The first kappa shape index (κ1) is 24.3. The average molecular weight is 488 g/mol. The second-order valence-electron chi connectivity index (χ2n) is 6.98. The van der Waals surface area contributed by atoms with Gasteiger partial charge in [-0.15, -0.1) is 10.2 Å². The van der Waals surface area contributed by atoms with Gasteiger partial charge in [0.1, 0.15) is 0 Å². The van der Waals surface area contributed by atoms with E-state index in [1.807, 2.05) is 11.5 Å². The van der Waals surface area contributed by atoms with Crippen LogP contribution in [0.25, 0.3) is 0 Å². The Morgan fingerprint density at radius 1 is 1.12 bits per heavy atom. The number of rotatable bonds is 9. The molecular weight excluding hydrogens is 466 g/mol. The third kappa shape index (κ3) is 6.11. The number of carboxylic acid groups (broad SMARTS) is 1. The maximum Gasteiger partial charge on any atom is 0.335 e. The minimum absolute atomic E-state index is 0.0825. The minimum Gasteiger partial charge on any atom is -0.478 e. The normalized spacial score (nSPS) is 11.6. The predicted octanol–water partition coefficient (Wildman–Crippen LogP) is 3.87. The quantitative estimate of drug-likeness (QED) is 0.391. The van der Waals surface area contributed by atoms with Crippen LogP contribution >= 0.6 is 23.4 Å². The number of benzene rings is 2. The Morgan fingerprint density at radius 2 is 1.82 bits per heavy atom. The summed E-state index contributed by atoms with van der Waals surface area (Å²) in [6.07, 6.45) is 0. The number of carbonyl (C=O) groups is 3. The molecule has 1 atom stereocenters. The molecule has 0 unspecified atom stereocenters. The Kier molecular flexibility index (Phi) is 8.07. The van der Waals surface area contributed by atoms with Crippen LogP contribution < -0.4 is 10.6 Å². The molecule has 172 valence electrons. The Morgan fingerprint density at radius 3 is 2.45 bits per heavy atom. The highest BCUT2D eigenvalue weighted by Gasteiger charge is 2.21. The molecular formula is C22H22ClN5O4S. The van der Waals surface area contributed by atoms with Gasteiger partial charge in [0.25, 0.3) is 5.91 Å². The van der Waals surface area contributed by atoms with E-state index < -0.39 is 12.0 Å². The Hall–Kier alpha value is -3.37. The number of amides is 2. The van der Waals surface area contributed by atoms with E-state index in [9.17, 15) is 14.4 Å². The molecule has 3 aromatic rings. The molecule has 0 spiro atoms. The number of nitrogens with zero attached hydrogens (tertiary/aromatic N) is 3. The minimum atomic E-state index is -1.03. The standard InChI is InChI=1S/C22H22ClN5O4S/c1-3-28-19(13(2)24-20(30)16-6-4-5-7-17(16)23)26-27-22(28)33-12-18(29)25-15-10-8-14(9-11-15)21(31)32/h4-11,13H,3,12H2,1-2H3,(H,24,30)(H,25,29)(H,31,32)/t13-/m0/s1. The van der Waals surface area contributed by atoms with Crippen molar-refractivity contribution in [1.29, 1.82) is 0 Å². The first-order valence-electron chi connectivity index (χ1n) is 10.0. The van der Waals surface area contributed by atoms with Crippen molar-refractivity contribution in [1.82, 2.24) is 20.1 Å². The van der Waals surface area contributed by atoms with Crippen LogP contribution in [0.15, 0.2) is 53.7 Å². The van der Waals surface area contributed by atoms with Crippen LogP contribution in [0, 0.1) is 0 Å². The molecule has 0 fully saturated rings. The van der Waals surface area contributed by atoms with Gasteiger partial charge in [-0.25, -0.2) is 4.79 Å². The number of hydrogen-bond acceptors (Lipinski definition) is 6. The van der Waals surface area contributed by atoms with Gasteiger partial charge < -0.3 is 20.3 Å². The van der Waals surface area contributed by atoms with Gasteiger partial charge in [0.2, 0.25) is 5.91 Å². The molecule has 33 heavy (non-hydrogen) atoms. The zero-order chi connectivity index (χ0) is 24.0. The summed E-state index contributed by atoms with van der Waals surface area (Å²) >= 11 is 7.31. The molecule has 0 aliphatic carbocycles. The van der Waals surface area contributed by atoms with Gasteiger partial charge in [0.05, 0.1) is 27.9 Å². The SMILES string of the molecule is CCn1c(SCC(=O)Nc2ccc(C(=O)O)cc2)nnc1[C@H](C)NC(=O)c1ccccc1Cl. The molecule has 3 rings (SSSR count). The van der Waals surface area contributed by atoms with Crippen molar-refractivity contribution in [3.63, 3.8) is 0 Å². The summed E-state index contributed by atoms with van der Waals surface area (Å²) in [5.74, 6) is -0.976. The second-order valence-corrected chi connectivity index (χ2v) is 8.33. The topological polar surface area (TPSA) is 126 Å². The van der Waals surface area contributed by atoms with Crippen molar-refractivity contribution in [3.05, 3.63) is 70.5 Å². The average Bonchev–Trinajstić information content (AvgIpc) is 3.21. The van der Waals surface area contributed by atoms with Gasteiger partial charge in [-0.3, -0.25) is 9.59 Å². The van der Waals surface area contributed by atoms with Crippen LogP contribution in [0.3, 0.4) is 0 Å². The van der Waals surface area contributed by atoms with Gasteiger partial charge >= 0.3 is 5.97 Å². The van der Waals surface area contributed by atoms with Gasteiger partial charge in [-0.2, -0.15) is 0 Å². The van der Waals surface area contributed by atoms with E-state index in [1.165, 1.54) is 36.0 Å². The number of thioether (sulfide) groups is 1. The van der Waals surface area contributed by atoms with E-state index >= 15 is 0 Å². The number of carbonyl (C=O) groups excluding carboxylic acids is 2. The van der Waals surface area contributed by atoms with Crippen LogP contribution in [0.2, 0.25) is 5.02 Å². The summed E-state index contributed by atoms with van der Waals surface area (Å²) < 4.78 is 1.83. The van der Waals surface area contributed by atoms with Gasteiger partial charge in [0, 0.05) is 12.2 Å². The first-order valence-corrected chi connectivity index (χ1v) is 11.4. The van der Waals surface area contributed by atoms with Crippen molar-refractivity contribution >= 4 is 46.8 Å². The monoisotopic (exact) mass is 487 g/mol. The maximum atomic E-state index is 12.6. The highest BCUT2D eigenvalue weighted by atomic mass is 35.5. The fraction of sp³-hybridized carbons (Fsp3) is 0.227. The lowest BCUT2D eigenvalue weighted by Gasteiger charge is -2.15. The van der Waals surface area contributed by atoms with Crippen molar-refractivity contribution in [2.24, 2.45) is 0 Å². The fourth-order valence-corrected chi connectivity index (χ4v) is 4.06. The zero-order valence-electron chi connectivity index (χ0n) is 17.9. The Balaban J connectivity index is 1.61. The lowest BCUT2D eigenvalue weighted by molar-refractivity contribution is -0.113. The summed E-state index contributed by atoms with van der Waals surface area (Å²) in [5.41, 5.74) is 1.01. The fourth-order valence-electron chi connectivity index (χ4n) is 3.03. The van der Waals surface area contributed by atoms with Crippen LogP contribution in [0.4, 0.5) is 5.69 Å². The van der Waals surface area contributed by atoms with Gasteiger partial charge in [0.15, 0.2) is 11.0 Å². The van der Waals surface area contributed by atoms with Gasteiger partial charge in [-0.1, -0.05) is 35.5 Å². The number of anilines is 1. The molecule has 1 aromatic heterocycles. The zero-order valence-corrected chi connectivity index (χ0v) is 19.5. The Labute approximate surface area is 199 Å². The van der Waals surface area contributed by atoms with E-state index in [0.29, 0.717) is 33.8 Å². The Bertz CT molecular complexity index is 1170. The van der Waals surface area contributed by atoms with Crippen molar-refractivity contribution < 1.29 is 19.5 Å². The number of nitrogens with one attached hydrogen (secondary N) is 2. The van der Waals surface area contributed by atoms with Crippen LogP contribution in [-0.2, 0) is 11.3 Å². The lowest BCUT2D eigenvalue weighted by Crippen LogP contribution is -2.29. The number of aromatic carboxylic acids is 1. The van der Waals surface area contributed by atoms with Crippen molar-refractivity contribution in [2.45, 2.75) is 31.6 Å². The highest BCUT2D eigenvalue weighted by Crippen LogP contribution is 2.22. The molecule has 9 nitrogen and oxygen atoms in total. The van der Waals surface area contributed by atoms with E-state index in [0.717, 1.165) is 0 Å². The number of aromatic nitrogens is 3. The van der Waals surface area contributed by atoms with Gasteiger partial charge in [-0.05, 0) is 50.2 Å². The third-order valence-corrected chi connectivity index (χ3v) is 5.96. The summed E-state index contributed by atoms with van der Waals surface area (Å²) in [7, 11) is 0. The first-order chi connectivity index (χ1) is 15.8. The highest BCUT2D eigenvalue weighted by molar-refractivity contribution is 7.99. The van der Waals surface area contributed by atoms with Crippen LogP contribution in [-0.4, -0.2) is 43.4 Å². The largest absolute Gasteiger partial charge is 0.478 e.